The van der Waals surface area contributed by atoms with Gasteiger partial charge in [-0.05, 0) is 57.5 Å². The molecule has 2 unspecified atom stereocenters. The van der Waals surface area contributed by atoms with Crippen LogP contribution >= 0.6 is 0 Å². The van der Waals surface area contributed by atoms with Crippen molar-refractivity contribution in [2.75, 3.05) is 32.2 Å². The van der Waals surface area contributed by atoms with Crippen LogP contribution in [-0.2, 0) is 4.79 Å². The molecule has 29 heavy (non-hydrogen) atoms. The van der Waals surface area contributed by atoms with E-state index in [9.17, 15) is 4.79 Å². The Bertz CT molecular complexity index is 825. The number of carbonyl (C=O) groups is 1. The Morgan fingerprint density at radius 1 is 1.17 bits per heavy atom. The molecule has 0 radical (unpaired) electrons. The first-order valence-electron chi connectivity index (χ1n) is 9.96. The number of benzene rings is 2. The molecule has 6 nitrogen and oxygen atoms in total. The Hall–Kier alpha value is -2.73. The molecule has 1 heterocycles. The van der Waals surface area contributed by atoms with Crippen molar-refractivity contribution in [3.8, 4) is 17.2 Å². The van der Waals surface area contributed by atoms with Gasteiger partial charge in [0.25, 0.3) is 5.91 Å². The van der Waals surface area contributed by atoms with E-state index in [-0.39, 0.29) is 12.9 Å². The smallest absolute Gasteiger partial charge is 0.267 e. The second-order valence-electron chi connectivity index (χ2n) is 7.63. The maximum absolute atomic E-state index is 13.5. The third kappa shape index (κ3) is 5.01. The summed E-state index contributed by atoms with van der Waals surface area (Å²) < 4.78 is 16.8. The van der Waals surface area contributed by atoms with E-state index in [4.69, 9.17) is 14.2 Å². The van der Waals surface area contributed by atoms with Gasteiger partial charge in [-0.15, -0.1) is 0 Å². The molecule has 158 valence electrons. The quantitative estimate of drug-likeness (QED) is 0.728. The van der Waals surface area contributed by atoms with E-state index in [2.05, 4.69) is 12.2 Å². The van der Waals surface area contributed by atoms with Crippen LogP contribution in [-0.4, -0.2) is 44.9 Å². The normalized spacial score (nSPS) is 19.4. The number of ether oxygens (including phenoxy) is 3. The molecule has 2 atom stereocenters. The lowest BCUT2D eigenvalue weighted by Gasteiger charge is -2.35. The predicted octanol–water partition coefficient (Wildman–Crippen LogP) is 3.89. The van der Waals surface area contributed by atoms with Crippen molar-refractivity contribution < 1.29 is 20.4 Å². The van der Waals surface area contributed by atoms with Gasteiger partial charge >= 0.3 is 0 Å². The van der Waals surface area contributed by atoms with Crippen molar-refractivity contribution in [1.82, 2.24) is 5.32 Å². The largest absolute Gasteiger partial charge is 0.497 e. The first-order valence-corrected chi connectivity index (χ1v) is 9.96. The molecule has 0 aromatic heterocycles. The molecule has 1 aliphatic rings. The third-order valence-electron chi connectivity index (χ3n) is 5.31. The van der Waals surface area contributed by atoms with Gasteiger partial charge in [0.2, 0.25) is 0 Å². The monoisotopic (exact) mass is 400 g/mol. The predicted molar refractivity (Wildman–Crippen MR) is 116 cm³/mol. The number of anilines is 1. The summed E-state index contributed by atoms with van der Waals surface area (Å²) in [6, 6.07) is 14.9. The molecule has 1 fully saturated rings. The Balaban J connectivity index is 0.00000320. The van der Waals surface area contributed by atoms with Crippen LogP contribution in [0.25, 0.3) is 0 Å². The number of methoxy groups -OCH3 is 2. The zero-order chi connectivity index (χ0) is 20.9. The topological polar surface area (TPSA) is 60.0 Å². The van der Waals surface area contributed by atoms with Crippen molar-refractivity contribution >= 4 is 11.6 Å². The lowest BCUT2D eigenvalue weighted by atomic mass is 9.98. The SMILES string of the molecule is COc1ccc(N(CC2(C)CCCN2)C(=O)C(C)Oc2ccccc2)c(OC)c1.[HH]. The van der Waals surface area contributed by atoms with Crippen molar-refractivity contribution in [3.05, 3.63) is 48.5 Å². The number of nitrogens with one attached hydrogen (secondary N) is 1. The number of rotatable bonds is 8. The summed E-state index contributed by atoms with van der Waals surface area (Å²) in [5.74, 6) is 1.82. The highest BCUT2D eigenvalue weighted by Crippen LogP contribution is 2.35. The summed E-state index contributed by atoms with van der Waals surface area (Å²) in [4.78, 5) is 15.3. The molecule has 2 aromatic carbocycles. The molecule has 3 rings (SSSR count). The highest BCUT2D eigenvalue weighted by molar-refractivity contribution is 5.98. The number of amides is 1. The summed E-state index contributed by atoms with van der Waals surface area (Å²) in [6.45, 7) is 5.41. The minimum absolute atomic E-state index is 0. The van der Waals surface area contributed by atoms with Gasteiger partial charge < -0.3 is 24.4 Å². The molecule has 1 amide bonds. The molecular formula is C23H32N2O4. The molecule has 1 N–H and O–H groups in total. The van der Waals surface area contributed by atoms with Crippen LogP contribution in [0.15, 0.2) is 48.5 Å². The molecular weight excluding hydrogens is 368 g/mol. The zero-order valence-electron chi connectivity index (χ0n) is 17.6. The van der Waals surface area contributed by atoms with E-state index in [1.54, 1.807) is 32.1 Å². The first kappa shape index (κ1) is 21.0. The summed E-state index contributed by atoms with van der Waals surface area (Å²) in [5.41, 5.74) is 0.546. The Morgan fingerprint density at radius 2 is 1.93 bits per heavy atom. The second-order valence-corrected chi connectivity index (χ2v) is 7.63. The average molecular weight is 401 g/mol. The van der Waals surface area contributed by atoms with Gasteiger partial charge in [0.05, 0.1) is 19.9 Å². The van der Waals surface area contributed by atoms with E-state index in [0.717, 1.165) is 19.4 Å². The number of nitrogens with zero attached hydrogens (tertiary/aromatic N) is 1. The highest BCUT2D eigenvalue weighted by atomic mass is 16.5. The van der Waals surface area contributed by atoms with Gasteiger partial charge in [-0.25, -0.2) is 0 Å². The fourth-order valence-electron chi connectivity index (χ4n) is 3.70. The number of carbonyl (C=O) groups excluding carboxylic acids is 1. The highest BCUT2D eigenvalue weighted by Gasteiger charge is 2.35. The molecule has 6 heteroatoms. The number of hydrogen-bond donors (Lipinski definition) is 1. The van der Waals surface area contributed by atoms with Gasteiger partial charge in [-0.2, -0.15) is 0 Å². The van der Waals surface area contributed by atoms with Crippen LogP contribution in [0, 0.1) is 0 Å². The molecule has 0 aliphatic carbocycles. The Morgan fingerprint density at radius 3 is 2.55 bits per heavy atom. The van der Waals surface area contributed by atoms with E-state index < -0.39 is 6.10 Å². The van der Waals surface area contributed by atoms with Gasteiger partial charge in [0, 0.05) is 19.6 Å². The molecule has 1 saturated heterocycles. The maximum Gasteiger partial charge on any atom is 0.267 e. The van der Waals surface area contributed by atoms with Crippen molar-refractivity contribution in [2.45, 2.75) is 38.3 Å². The molecule has 0 saturated carbocycles. The van der Waals surface area contributed by atoms with Gasteiger partial charge in [0.15, 0.2) is 6.10 Å². The van der Waals surface area contributed by atoms with Crippen LogP contribution < -0.4 is 24.4 Å². The van der Waals surface area contributed by atoms with Gasteiger partial charge in [-0.1, -0.05) is 18.2 Å². The Labute approximate surface area is 174 Å². The molecule has 0 spiro atoms. The van der Waals surface area contributed by atoms with Crippen molar-refractivity contribution in [2.24, 2.45) is 0 Å². The van der Waals surface area contributed by atoms with Gasteiger partial charge in [0.1, 0.15) is 17.2 Å². The minimum Gasteiger partial charge on any atom is -0.497 e. The summed E-state index contributed by atoms with van der Waals surface area (Å²) in [6.07, 6.45) is 1.45. The van der Waals surface area contributed by atoms with E-state index in [0.29, 0.717) is 29.5 Å². The van der Waals surface area contributed by atoms with Crippen molar-refractivity contribution in [3.63, 3.8) is 0 Å². The molecule has 1 aliphatic heterocycles. The van der Waals surface area contributed by atoms with Crippen LogP contribution in [0.4, 0.5) is 5.69 Å². The van der Waals surface area contributed by atoms with E-state index in [1.807, 2.05) is 42.5 Å². The standard InChI is InChI=1S/C23H30N2O4.H2/c1-17(29-18-9-6-5-7-10-18)22(26)25(16-23(2)13-8-14-24-23)20-12-11-19(27-3)15-21(20)28-4;/h5-7,9-12,15,17,24H,8,13-14,16H2,1-4H3;1H. The lowest BCUT2D eigenvalue weighted by Crippen LogP contribution is -2.52. The average Bonchev–Trinajstić information content (AvgIpc) is 3.18. The number of para-hydroxylation sites is 1. The fourth-order valence-corrected chi connectivity index (χ4v) is 3.70. The number of hydrogen-bond acceptors (Lipinski definition) is 5. The summed E-state index contributed by atoms with van der Waals surface area (Å²) in [7, 11) is 3.21. The molecule has 0 bridgehead atoms. The van der Waals surface area contributed by atoms with Crippen molar-refractivity contribution in [1.29, 1.82) is 0 Å². The fraction of sp³-hybridized carbons (Fsp3) is 0.435. The van der Waals surface area contributed by atoms with E-state index >= 15 is 0 Å². The van der Waals surface area contributed by atoms with Crippen LogP contribution in [0.3, 0.4) is 0 Å². The minimum atomic E-state index is -0.644. The third-order valence-corrected chi connectivity index (χ3v) is 5.31. The van der Waals surface area contributed by atoms with Crippen LogP contribution in [0.2, 0.25) is 0 Å². The molecule has 2 aromatic rings. The zero-order valence-corrected chi connectivity index (χ0v) is 17.6. The van der Waals surface area contributed by atoms with Crippen LogP contribution in [0.5, 0.6) is 17.2 Å². The summed E-state index contributed by atoms with van der Waals surface area (Å²) >= 11 is 0. The van der Waals surface area contributed by atoms with Gasteiger partial charge in [-0.3, -0.25) is 4.79 Å². The Kier molecular flexibility index (Phi) is 6.64. The maximum atomic E-state index is 13.5. The first-order chi connectivity index (χ1) is 14.0. The van der Waals surface area contributed by atoms with Crippen LogP contribution in [0.1, 0.15) is 28.1 Å². The second kappa shape index (κ2) is 9.18. The lowest BCUT2D eigenvalue weighted by molar-refractivity contribution is -0.124. The van der Waals surface area contributed by atoms with E-state index in [1.165, 1.54) is 0 Å². The summed E-state index contributed by atoms with van der Waals surface area (Å²) in [5, 5.41) is 3.54.